The van der Waals surface area contributed by atoms with Gasteiger partial charge in [-0.1, -0.05) is 19.6 Å². The van der Waals surface area contributed by atoms with Crippen LogP contribution in [-0.2, 0) is 11.2 Å². The number of nitrogens with zero attached hydrogens (tertiary/aromatic N) is 3. The van der Waals surface area contributed by atoms with Crippen LogP contribution in [0.5, 0.6) is 0 Å². The fourth-order valence-corrected chi connectivity index (χ4v) is 2.46. The monoisotopic (exact) mass is 287 g/mol. The molecule has 4 nitrogen and oxygen atoms in total. The molecule has 2 rings (SSSR count). The molecule has 0 unspecified atom stereocenters. The predicted octanol–water partition coefficient (Wildman–Crippen LogP) is 3.36. The van der Waals surface area contributed by atoms with Crippen molar-refractivity contribution in [3.63, 3.8) is 0 Å². The second-order valence-electron chi connectivity index (χ2n) is 5.50. The summed E-state index contributed by atoms with van der Waals surface area (Å²) in [4.78, 5) is 11.2. The summed E-state index contributed by atoms with van der Waals surface area (Å²) in [5, 5.41) is 0. The van der Waals surface area contributed by atoms with Crippen molar-refractivity contribution in [2.24, 2.45) is 5.92 Å². The third kappa shape index (κ3) is 4.59. The second-order valence-corrected chi connectivity index (χ2v) is 5.50. The molecule has 0 atom stereocenters. The Kier molecular flexibility index (Phi) is 5.78. The number of hydrogen-bond donors (Lipinski definition) is 0. The van der Waals surface area contributed by atoms with Crippen LogP contribution in [0.3, 0.4) is 0 Å². The minimum Gasteiger partial charge on any atom is -0.498 e. The molecule has 0 radical (unpaired) electrons. The SMILES string of the molecule is C=C/C=C(\C)OCC1CCN(c2ncc(CC)cn2)CC1. The number of rotatable bonds is 6. The van der Waals surface area contributed by atoms with Gasteiger partial charge >= 0.3 is 0 Å². The predicted molar refractivity (Wildman–Crippen MR) is 86.3 cm³/mol. The molecule has 1 aromatic rings. The smallest absolute Gasteiger partial charge is 0.225 e. The van der Waals surface area contributed by atoms with Gasteiger partial charge in [-0.25, -0.2) is 9.97 Å². The number of aryl methyl sites for hydroxylation is 1. The van der Waals surface area contributed by atoms with E-state index in [0.29, 0.717) is 5.92 Å². The van der Waals surface area contributed by atoms with E-state index in [9.17, 15) is 0 Å². The molecule has 21 heavy (non-hydrogen) atoms. The van der Waals surface area contributed by atoms with Gasteiger partial charge in [-0.05, 0) is 43.7 Å². The Morgan fingerprint density at radius 2 is 2.05 bits per heavy atom. The van der Waals surface area contributed by atoms with Crippen LogP contribution >= 0.6 is 0 Å². The van der Waals surface area contributed by atoms with E-state index in [1.807, 2.05) is 25.4 Å². The van der Waals surface area contributed by atoms with Crippen LogP contribution in [0.2, 0.25) is 0 Å². The fraction of sp³-hybridized carbons (Fsp3) is 0.529. The van der Waals surface area contributed by atoms with Crippen LogP contribution < -0.4 is 4.90 Å². The van der Waals surface area contributed by atoms with Crippen molar-refractivity contribution in [1.29, 1.82) is 0 Å². The van der Waals surface area contributed by atoms with E-state index in [1.165, 1.54) is 5.56 Å². The molecular weight excluding hydrogens is 262 g/mol. The lowest BCUT2D eigenvalue weighted by Crippen LogP contribution is -2.36. The van der Waals surface area contributed by atoms with Crippen molar-refractivity contribution in [2.45, 2.75) is 33.1 Å². The van der Waals surface area contributed by atoms with Crippen molar-refractivity contribution in [3.05, 3.63) is 42.4 Å². The molecule has 0 aromatic carbocycles. The normalized spacial score (nSPS) is 16.9. The Morgan fingerprint density at radius 1 is 1.38 bits per heavy atom. The van der Waals surface area contributed by atoms with Gasteiger partial charge in [0.05, 0.1) is 12.4 Å². The van der Waals surface area contributed by atoms with Crippen LogP contribution in [0.15, 0.2) is 36.9 Å². The molecule has 1 saturated heterocycles. The molecule has 0 aliphatic carbocycles. The highest BCUT2D eigenvalue weighted by Gasteiger charge is 2.21. The van der Waals surface area contributed by atoms with Gasteiger partial charge in [0.2, 0.25) is 5.95 Å². The quantitative estimate of drug-likeness (QED) is 0.594. The molecule has 0 spiro atoms. The van der Waals surface area contributed by atoms with Crippen molar-refractivity contribution in [1.82, 2.24) is 9.97 Å². The maximum absolute atomic E-state index is 5.73. The van der Waals surface area contributed by atoms with Gasteiger partial charge in [0.1, 0.15) is 0 Å². The number of aromatic nitrogens is 2. The van der Waals surface area contributed by atoms with Gasteiger partial charge in [-0.15, -0.1) is 0 Å². The first-order valence-electron chi connectivity index (χ1n) is 7.71. The highest BCUT2D eigenvalue weighted by molar-refractivity contribution is 5.30. The lowest BCUT2D eigenvalue weighted by molar-refractivity contribution is 0.151. The Hall–Kier alpha value is -1.84. The summed E-state index contributed by atoms with van der Waals surface area (Å²) in [6.07, 6.45) is 10.8. The maximum atomic E-state index is 5.73. The molecule has 114 valence electrons. The van der Waals surface area contributed by atoms with Crippen molar-refractivity contribution in [2.75, 3.05) is 24.6 Å². The standard InChI is InChI=1S/C17H25N3O/c1-4-6-14(3)21-13-16-7-9-20(10-8-16)17-18-11-15(5-2)12-19-17/h4,6,11-12,16H,1,5,7-10,13H2,2-3H3/b14-6+. The fourth-order valence-electron chi connectivity index (χ4n) is 2.46. The first-order chi connectivity index (χ1) is 10.2. The van der Waals surface area contributed by atoms with Gasteiger partial charge in [0.25, 0.3) is 0 Å². The van der Waals surface area contributed by atoms with Gasteiger partial charge in [0, 0.05) is 25.5 Å². The second kappa shape index (κ2) is 7.81. The van der Waals surface area contributed by atoms with Gasteiger partial charge in [-0.3, -0.25) is 0 Å². The Bertz CT molecular complexity index is 473. The highest BCUT2D eigenvalue weighted by Crippen LogP contribution is 2.21. The Morgan fingerprint density at radius 3 is 2.62 bits per heavy atom. The van der Waals surface area contributed by atoms with E-state index in [4.69, 9.17) is 4.74 Å². The summed E-state index contributed by atoms with van der Waals surface area (Å²) in [6.45, 7) is 10.6. The Labute approximate surface area is 127 Å². The zero-order valence-electron chi connectivity index (χ0n) is 13.1. The molecule has 1 fully saturated rings. The summed E-state index contributed by atoms with van der Waals surface area (Å²) < 4.78 is 5.73. The topological polar surface area (TPSA) is 38.2 Å². The summed E-state index contributed by atoms with van der Waals surface area (Å²) in [5.74, 6) is 2.41. The zero-order chi connectivity index (χ0) is 15.1. The summed E-state index contributed by atoms with van der Waals surface area (Å²) in [6, 6.07) is 0. The van der Waals surface area contributed by atoms with Gasteiger partial charge < -0.3 is 9.64 Å². The third-order valence-corrected chi connectivity index (χ3v) is 3.90. The number of piperidine rings is 1. The van der Waals surface area contributed by atoms with Gasteiger partial charge in [0.15, 0.2) is 0 Å². The maximum Gasteiger partial charge on any atom is 0.225 e. The highest BCUT2D eigenvalue weighted by atomic mass is 16.5. The number of anilines is 1. The molecule has 1 aliphatic heterocycles. The minimum absolute atomic E-state index is 0.615. The van der Waals surface area contributed by atoms with Crippen molar-refractivity contribution >= 4 is 5.95 Å². The van der Waals surface area contributed by atoms with E-state index in [1.54, 1.807) is 6.08 Å². The van der Waals surface area contributed by atoms with Gasteiger partial charge in [-0.2, -0.15) is 0 Å². The van der Waals surface area contributed by atoms with Crippen LogP contribution in [0.1, 0.15) is 32.3 Å². The lowest BCUT2D eigenvalue weighted by Gasteiger charge is -2.31. The number of hydrogen-bond acceptors (Lipinski definition) is 4. The van der Waals surface area contributed by atoms with Crippen LogP contribution in [0.4, 0.5) is 5.95 Å². The molecule has 1 aliphatic rings. The van der Waals surface area contributed by atoms with E-state index in [0.717, 1.165) is 50.7 Å². The van der Waals surface area contributed by atoms with Crippen molar-refractivity contribution in [3.8, 4) is 0 Å². The molecule has 1 aromatic heterocycles. The van der Waals surface area contributed by atoms with E-state index < -0.39 is 0 Å². The van der Waals surface area contributed by atoms with Crippen LogP contribution in [-0.4, -0.2) is 29.7 Å². The van der Waals surface area contributed by atoms with E-state index >= 15 is 0 Å². The van der Waals surface area contributed by atoms with Crippen LogP contribution in [0.25, 0.3) is 0 Å². The largest absolute Gasteiger partial charge is 0.498 e. The van der Waals surface area contributed by atoms with E-state index in [2.05, 4.69) is 28.4 Å². The lowest BCUT2D eigenvalue weighted by atomic mass is 9.98. The van der Waals surface area contributed by atoms with Crippen molar-refractivity contribution < 1.29 is 4.74 Å². The Balaban J connectivity index is 1.79. The number of ether oxygens (including phenoxy) is 1. The zero-order valence-corrected chi connectivity index (χ0v) is 13.1. The molecular formula is C17H25N3O. The molecule has 0 N–H and O–H groups in total. The molecule has 0 amide bonds. The first kappa shape index (κ1) is 15.5. The number of allylic oxidation sites excluding steroid dienone is 3. The van der Waals surface area contributed by atoms with Crippen LogP contribution in [0, 0.1) is 5.92 Å². The molecule has 0 bridgehead atoms. The third-order valence-electron chi connectivity index (χ3n) is 3.90. The molecule has 2 heterocycles. The molecule has 4 heteroatoms. The minimum atomic E-state index is 0.615. The first-order valence-corrected chi connectivity index (χ1v) is 7.71. The summed E-state index contributed by atoms with van der Waals surface area (Å²) in [7, 11) is 0. The van der Waals surface area contributed by atoms with E-state index in [-0.39, 0.29) is 0 Å². The average Bonchev–Trinajstić information content (AvgIpc) is 2.54. The average molecular weight is 287 g/mol. The summed E-state index contributed by atoms with van der Waals surface area (Å²) >= 11 is 0. The molecule has 0 saturated carbocycles. The summed E-state index contributed by atoms with van der Waals surface area (Å²) in [5.41, 5.74) is 1.19.